The maximum absolute atomic E-state index is 11.9. The number of aromatic nitrogens is 4. The summed E-state index contributed by atoms with van der Waals surface area (Å²) in [6, 6.07) is 6.91. The lowest BCUT2D eigenvalue weighted by molar-refractivity contribution is 0.480. The van der Waals surface area contributed by atoms with Crippen molar-refractivity contribution in [2.45, 2.75) is 0 Å². The molecule has 26 heavy (non-hydrogen) atoms. The van der Waals surface area contributed by atoms with Gasteiger partial charge < -0.3 is 9.72 Å². The van der Waals surface area contributed by atoms with Crippen molar-refractivity contribution in [3.8, 4) is 23.3 Å². The van der Waals surface area contributed by atoms with Crippen molar-refractivity contribution in [2.75, 3.05) is 0 Å². The molecule has 11 heteroatoms. The number of H-pyrrole nitrogens is 2. The van der Waals surface area contributed by atoms with Crippen LogP contribution in [0.2, 0.25) is 10.0 Å². The maximum atomic E-state index is 11.9. The van der Waals surface area contributed by atoms with E-state index >= 15 is 0 Å². The topological polar surface area (TPSA) is 134 Å². The summed E-state index contributed by atoms with van der Waals surface area (Å²) < 4.78 is 6.31. The van der Waals surface area contributed by atoms with Gasteiger partial charge in [0.05, 0.1) is 15.7 Å². The standard InChI is InChI=1S/C15H7Cl2N5O4/c16-9-3-7(22-15(25)20-14(24)11(5-18)21-22)4-10(17)13(9)26-8-1-2-12(23)19-6-8/h1-4,6H,(H,19,23)(H,20,24,25). The molecular weight excluding hydrogens is 385 g/mol. The molecule has 3 aromatic rings. The quantitative estimate of drug-likeness (QED) is 0.695. The number of ether oxygens (including phenoxy) is 1. The van der Waals surface area contributed by atoms with E-state index in [1.165, 1.54) is 30.5 Å². The molecule has 130 valence electrons. The zero-order valence-corrected chi connectivity index (χ0v) is 14.1. The minimum Gasteiger partial charge on any atom is -0.453 e. The zero-order chi connectivity index (χ0) is 18.8. The Kier molecular flexibility index (Phi) is 4.62. The van der Waals surface area contributed by atoms with Gasteiger partial charge in [-0.1, -0.05) is 23.2 Å². The van der Waals surface area contributed by atoms with E-state index in [4.69, 9.17) is 33.2 Å². The van der Waals surface area contributed by atoms with Gasteiger partial charge in [-0.2, -0.15) is 9.94 Å². The van der Waals surface area contributed by atoms with E-state index in [2.05, 4.69) is 10.1 Å². The maximum Gasteiger partial charge on any atom is 0.349 e. The molecule has 3 rings (SSSR count). The summed E-state index contributed by atoms with van der Waals surface area (Å²) in [5.41, 5.74) is -2.45. The first-order valence-electron chi connectivity index (χ1n) is 6.89. The number of hydrogen-bond acceptors (Lipinski definition) is 6. The second kappa shape index (κ2) is 6.87. The molecule has 0 bridgehead atoms. The Morgan fingerprint density at radius 1 is 1.15 bits per heavy atom. The molecule has 0 fully saturated rings. The average Bonchev–Trinajstić information content (AvgIpc) is 2.60. The zero-order valence-electron chi connectivity index (χ0n) is 12.6. The monoisotopic (exact) mass is 391 g/mol. The van der Waals surface area contributed by atoms with E-state index in [1.807, 2.05) is 4.98 Å². The highest BCUT2D eigenvalue weighted by Crippen LogP contribution is 2.37. The van der Waals surface area contributed by atoms with Crippen molar-refractivity contribution in [3.63, 3.8) is 0 Å². The predicted molar refractivity (Wildman–Crippen MR) is 92.3 cm³/mol. The van der Waals surface area contributed by atoms with Crippen LogP contribution in [0.25, 0.3) is 5.69 Å². The van der Waals surface area contributed by atoms with Gasteiger partial charge in [0, 0.05) is 12.3 Å². The Morgan fingerprint density at radius 3 is 2.42 bits per heavy atom. The molecule has 0 saturated carbocycles. The number of benzene rings is 1. The fraction of sp³-hybridized carbons (Fsp3) is 0. The molecule has 0 unspecified atom stereocenters. The summed E-state index contributed by atoms with van der Waals surface area (Å²) in [7, 11) is 0. The van der Waals surface area contributed by atoms with Gasteiger partial charge >= 0.3 is 5.69 Å². The van der Waals surface area contributed by atoms with Crippen LogP contribution in [0.5, 0.6) is 11.5 Å². The number of halogens is 2. The van der Waals surface area contributed by atoms with Crippen LogP contribution in [-0.4, -0.2) is 19.7 Å². The molecule has 0 atom stereocenters. The summed E-state index contributed by atoms with van der Waals surface area (Å²) in [5.74, 6) is 0.370. The van der Waals surface area contributed by atoms with Crippen molar-refractivity contribution < 1.29 is 4.74 Å². The molecule has 1 aromatic carbocycles. The van der Waals surface area contributed by atoms with Gasteiger partial charge in [0.2, 0.25) is 11.3 Å². The first-order valence-corrected chi connectivity index (χ1v) is 7.64. The average molecular weight is 392 g/mol. The van der Waals surface area contributed by atoms with Crippen molar-refractivity contribution in [2.24, 2.45) is 0 Å². The highest BCUT2D eigenvalue weighted by Gasteiger charge is 2.15. The lowest BCUT2D eigenvalue weighted by atomic mass is 10.3. The fourth-order valence-electron chi connectivity index (χ4n) is 1.99. The second-order valence-corrected chi connectivity index (χ2v) is 5.68. The van der Waals surface area contributed by atoms with Gasteiger partial charge in [0.15, 0.2) is 5.75 Å². The Labute approximate surface area is 154 Å². The summed E-state index contributed by atoms with van der Waals surface area (Å²) >= 11 is 12.3. The van der Waals surface area contributed by atoms with Crippen molar-refractivity contribution in [1.82, 2.24) is 19.7 Å². The minimum absolute atomic E-state index is 0.0390. The number of nitrogens with zero attached hydrogens (tertiary/aromatic N) is 3. The Bertz CT molecular complexity index is 1180. The third-order valence-electron chi connectivity index (χ3n) is 3.14. The molecule has 9 nitrogen and oxygen atoms in total. The third kappa shape index (κ3) is 3.37. The molecule has 0 aliphatic heterocycles. The molecule has 0 saturated heterocycles. The van der Waals surface area contributed by atoms with E-state index < -0.39 is 16.9 Å². The number of hydrogen-bond donors (Lipinski definition) is 2. The summed E-state index contributed by atoms with van der Waals surface area (Å²) in [4.78, 5) is 38.8. The molecule has 0 amide bonds. The van der Waals surface area contributed by atoms with Crippen LogP contribution in [0.4, 0.5) is 0 Å². The number of rotatable bonds is 3. The van der Waals surface area contributed by atoms with E-state index in [-0.39, 0.29) is 32.8 Å². The first-order chi connectivity index (χ1) is 12.4. The van der Waals surface area contributed by atoms with E-state index in [0.717, 1.165) is 4.68 Å². The van der Waals surface area contributed by atoms with Gasteiger partial charge in [-0.05, 0) is 18.2 Å². The Morgan fingerprint density at radius 2 is 1.85 bits per heavy atom. The lowest BCUT2D eigenvalue weighted by Crippen LogP contribution is -2.33. The normalized spacial score (nSPS) is 10.3. The number of nitrogens with one attached hydrogen (secondary N) is 2. The third-order valence-corrected chi connectivity index (χ3v) is 3.70. The number of nitriles is 1. The first kappa shape index (κ1) is 17.5. The fourth-order valence-corrected chi connectivity index (χ4v) is 2.54. The Hall–Kier alpha value is -3.35. The van der Waals surface area contributed by atoms with Crippen LogP contribution < -0.4 is 21.5 Å². The van der Waals surface area contributed by atoms with Gasteiger partial charge in [0.25, 0.3) is 5.56 Å². The molecule has 2 aromatic heterocycles. The number of pyridine rings is 1. The predicted octanol–water partition coefficient (Wildman–Crippen LogP) is 1.58. The van der Waals surface area contributed by atoms with Crippen LogP contribution in [-0.2, 0) is 0 Å². The summed E-state index contributed by atoms with van der Waals surface area (Å²) in [6.45, 7) is 0. The smallest absolute Gasteiger partial charge is 0.349 e. The van der Waals surface area contributed by atoms with Crippen molar-refractivity contribution in [3.05, 3.63) is 77.4 Å². The van der Waals surface area contributed by atoms with Crippen LogP contribution in [0, 0.1) is 11.3 Å². The van der Waals surface area contributed by atoms with Crippen LogP contribution in [0.1, 0.15) is 5.69 Å². The van der Waals surface area contributed by atoms with E-state index in [9.17, 15) is 14.4 Å². The van der Waals surface area contributed by atoms with Gasteiger partial charge in [-0.25, -0.2) is 4.79 Å². The van der Waals surface area contributed by atoms with Gasteiger partial charge in [-0.3, -0.25) is 14.6 Å². The molecule has 0 spiro atoms. The molecule has 2 heterocycles. The molecule has 2 N–H and O–H groups in total. The van der Waals surface area contributed by atoms with E-state index in [1.54, 1.807) is 6.07 Å². The largest absolute Gasteiger partial charge is 0.453 e. The van der Waals surface area contributed by atoms with Gasteiger partial charge in [-0.15, -0.1) is 5.10 Å². The molecule has 0 aliphatic carbocycles. The molecule has 0 aliphatic rings. The Balaban J connectivity index is 2.07. The molecule has 0 radical (unpaired) electrons. The minimum atomic E-state index is -0.899. The lowest BCUT2D eigenvalue weighted by Gasteiger charge is -2.11. The van der Waals surface area contributed by atoms with Crippen LogP contribution >= 0.6 is 23.2 Å². The van der Waals surface area contributed by atoms with E-state index in [0.29, 0.717) is 0 Å². The highest BCUT2D eigenvalue weighted by molar-refractivity contribution is 6.37. The van der Waals surface area contributed by atoms with Gasteiger partial charge in [0.1, 0.15) is 11.8 Å². The SMILES string of the molecule is N#Cc1nn(-c2cc(Cl)c(Oc3ccc(=O)[nH]c3)c(Cl)c2)c(=O)[nH]c1=O. The summed E-state index contributed by atoms with van der Waals surface area (Å²) in [5, 5.41) is 12.6. The van der Waals surface area contributed by atoms with Crippen molar-refractivity contribution in [1.29, 1.82) is 5.26 Å². The van der Waals surface area contributed by atoms with Crippen LogP contribution in [0.3, 0.4) is 0 Å². The highest BCUT2D eigenvalue weighted by atomic mass is 35.5. The molecular formula is C15H7Cl2N5O4. The van der Waals surface area contributed by atoms with Crippen molar-refractivity contribution >= 4 is 23.2 Å². The van der Waals surface area contributed by atoms with Crippen LogP contribution in [0.15, 0.2) is 44.8 Å². The second-order valence-electron chi connectivity index (χ2n) is 4.86. The summed E-state index contributed by atoms with van der Waals surface area (Å²) in [6.07, 6.45) is 1.33. The number of aromatic amines is 2.